The van der Waals surface area contributed by atoms with Crippen molar-refractivity contribution in [2.45, 2.75) is 6.92 Å². The SMILES string of the molecule is Cc1ccc(Cl)cc1Oc1ccc2scnc2c1N. The highest BCUT2D eigenvalue weighted by molar-refractivity contribution is 7.16. The van der Waals surface area contributed by atoms with Crippen LogP contribution in [0.4, 0.5) is 5.69 Å². The Morgan fingerprint density at radius 1 is 1.21 bits per heavy atom. The van der Waals surface area contributed by atoms with E-state index in [-0.39, 0.29) is 0 Å². The van der Waals surface area contributed by atoms with Gasteiger partial charge in [-0.25, -0.2) is 4.98 Å². The number of halogens is 1. The minimum Gasteiger partial charge on any atom is -0.455 e. The van der Waals surface area contributed by atoms with Crippen molar-refractivity contribution >= 4 is 38.8 Å². The fraction of sp³-hybridized carbons (Fsp3) is 0.0714. The van der Waals surface area contributed by atoms with Crippen LogP contribution in [0.15, 0.2) is 35.8 Å². The lowest BCUT2D eigenvalue weighted by Gasteiger charge is -2.11. The third-order valence-electron chi connectivity index (χ3n) is 2.87. The first kappa shape index (κ1) is 12.3. The van der Waals surface area contributed by atoms with E-state index in [1.807, 2.05) is 31.2 Å². The van der Waals surface area contributed by atoms with Gasteiger partial charge in [-0.2, -0.15) is 0 Å². The van der Waals surface area contributed by atoms with Gasteiger partial charge in [-0.05, 0) is 36.8 Å². The fourth-order valence-electron chi connectivity index (χ4n) is 1.82. The molecule has 0 bridgehead atoms. The van der Waals surface area contributed by atoms with Gasteiger partial charge in [0, 0.05) is 5.02 Å². The zero-order valence-corrected chi connectivity index (χ0v) is 11.8. The maximum atomic E-state index is 6.09. The number of thiazole rings is 1. The number of rotatable bonds is 2. The number of benzene rings is 2. The highest BCUT2D eigenvalue weighted by Gasteiger charge is 2.10. The maximum absolute atomic E-state index is 6.09. The highest BCUT2D eigenvalue weighted by Crippen LogP contribution is 2.36. The molecule has 0 aliphatic heterocycles. The summed E-state index contributed by atoms with van der Waals surface area (Å²) in [5.41, 5.74) is 10.2. The standard InChI is InChI=1S/C14H11ClN2OS/c1-8-2-3-9(15)6-11(8)18-10-4-5-12-14(13(10)16)17-7-19-12/h2-7H,16H2,1H3. The van der Waals surface area contributed by atoms with Crippen molar-refractivity contribution in [1.29, 1.82) is 0 Å². The molecule has 1 aromatic heterocycles. The summed E-state index contributed by atoms with van der Waals surface area (Å²) >= 11 is 7.53. The van der Waals surface area contributed by atoms with Gasteiger partial charge in [-0.3, -0.25) is 0 Å². The molecule has 3 rings (SSSR count). The predicted octanol–water partition coefficient (Wildman–Crippen LogP) is 4.63. The molecule has 0 saturated heterocycles. The monoisotopic (exact) mass is 290 g/mol. The number of hydrogen-bond donors (Lipinski definition) is 1. The molecular formula is C14H11ClN2OS. The van der Waals surface area contributed by atoms with E-state index >= 15 is 0 Å². The Kier molecular flexibility index (Phi) is 3.05. The highest BCUT2D eigenvalue weighted by atomic mass is 35.5. The fourth-order valence-corrected chi connectivity index (χ4v) is 2.68. The molecule has 0 amide bonds. The summed E-state index contributed by atoms with van der Waals surface area (Å²) in [4.78, 5) is 4.25. The second-order valence-electron chi connectivity index (χ2n) is 4.19. The van der Waals surface area contributed by atoms with Crippen molar-refractivity contribution in [2.24, 2.45) is 0 Å². The average Bonchev–Trinajstić information content (AvgIpc) is 2.86. The third-order valence-corrected chi connectivity index (χ3v) is 3.90. The summed E-state index contributed by atoms with van der Waals surface area (Å²) in [5, 5.41) is 0.633. The molecule has 0 unspecified atom stereocenters. The number of nitrogen functional groups attached to an aromatic ring is 1. The molecule has 0 spiro atoms. The quantitative estimate of drug-likeness (QED) is 0.700. The second-order valence-corrected chi connectivity index (χ2v) is 5.51. The van der Waals surface area contributed by atoms with Crippen LogP contribution in [0.2, 0.25) is 5.02 Å². The molecule has 0 aliphatic carbocycles. The van der Waals surface area contributed by atoms with E-state index in [0.29, 0.717) is 22.2 Å². The largest absolute Gasteiger partial charge is 0.455 e. The average molecular weight is 291 g/mol. The predicted molar refractivity (Wildman–Crippen MR) is 80.3 cm³/mol. The maximum Gasteiger partial charge on any atom is 0.152 e. The number of ether oxygens (including phenoxy) is 1. The van der Waals surface area contributed by atoms with Crippen molar-refractivity contribution in [1.82, 2.24) is 4.98 Å². The van der Waals surface area contributed by atoms with Crippen LogP contribution in [0.25, 0.3) is 10.2 Å². The summed E-state index contributed by atoms with van der Waals surface area (Å²) in [6.45, 7) is 1.96. The van der Waals surface area contributed by atoms with Gasteiger partial charge in [0.25, 0.3) is 0 Å². The van der Waals surface area contributed by atoms with Crippen molar-refractivity contribution in [3.8, 4) is 11.5 Å². The van der Waals surface area contributed by atoms with Gasteiger partial charge in [0.1, 0.15) is 17.0 Å². The molecule has 0 atom stereocenters. The first-order valence-electron chi connectivity index (χ1n) is 5.71. The normalized spacial score (nSPS) is 10.8. The summed E-state index contributed by atoms with van der Waals surface area (Å²) in [5.74, 6) is 1.30. The zero-order valence-electron chi connectivity index (χ0n) is 10.2. The lowest BCUT2D eigenvalue weighted by molar-refractivity contribution is 0.482. The van der Waals surface area contributed by atoms with Crippen LogP contribution in [0.1, 0.15) is 5.56 Å². The Balaban J connectivity index is 2.05. The Bertz CT molecular complexity index is 754. The van der Waals surface area contributed by atoms with Crippen LogP contribution in [-0.4, -0.2) is 4.98 Å². The van der Waals surface area contributed by atoms with E-state index in [2.05, 4.69) is 4.98 Å². The van der Waals surface area contributed by atoms with Crippen molar-refractivity contribution in [2.75, 3.05) is 5.73 Å². The molecule has 2 aromatic carbocycles. The minimum absolute atomic E-state index is 0.554. The van der Waals surface area contributed by atoms with Gasteiger partial charge in [0.15, 0.2) is 5.75 Å². The number of aryl methyl sites for hydroxylation is 1. The number of hydrogen-bond acceptors (Lipinski definition) is 4. The van der Waals surface area contributed by atoms with Crippen molar-refractivity contribution in [3.63, 3.8) is 0 Å². The molecule has 0 saturated carbocycles. The molecule has 2 N–H and O–H groups in total. The van der Waals surface area contributed by atoms with Gasteiger partial charge in [-0.1, -0.05) is 17.7 Å². The Morgan fingerprint density at radius 3 is 2.89 bits per heavy atom. The van der Waals surface area contributed by atoms with Crippen LogP contribution in [0.5, 0.6) is 11.5 Å². The Hall–Kier alpha value is -1.78. The Labute approximate surface area is 119 Å². The topological polar surface area (TPSA) is 48.1 Å². The van der Waals surface area contributed by atoms with E-state index in [0.717, 1.165) is 15.8 Å². The lowest BCUT2D eigenvalue weighted by atomic mass is 10.2. The first-order valence-corrected chi connectivity index (χ1v) is 6.96. The smallest absolute Gasteiger partial charge is 0.152 e. The minimum atomic E-state index is 0.554. The molecule has 3 nitrogen and oxygen atoms in total. The van der Waals surface area contributed by atoms with Crippen LogP contribution in [-0.2, 0) is 0 Å². The first-order chi connectivity index (χ1) is 9.15. The molecule has 0 aliphatic rings. The summed E-state index contributed by atoms with van der Waals surface area (Å²) in [6, 6.07) is 9.34. The molecule has 0 fully saturated rings. The van der Waals surface area contributed by atoms with Gasteiger partial charge in [-0.15, -0.1) is 11.3 Å². The zero-order chi connectivity index (χ0) is 13.4. The number of nitrogens with zero attached hydrogens (tertiary/aromatic N) is 1. The number of fused-ring (bicyclic) bond motifs is 1. The molecular weight excluding hydrogens is 280 g/mol. The van der Waals surface area contributed by atoms with Gasteiger partial charge >= 0.3 is 0 Å². The summed E-state index contributed by atoms with van der Waals surface area (Å²) < 4.78 is 6.90. The molecule has 0 radical (unpaired) electrons. The number of nitrogens with two attached hydrogens (primary N) is 1. The number of anilines is 1. The second kappa shape index (κ2) is 4.72. The molecule has 3 aromatic rings. The molecule has 96 valence electrons. The number of aromatic nitrogens is 1. The van der Waals surface area contributed by atoms with Crippen LogP contribution in [0.3, 0.4) is 0 Å². The lowest BCUT2D eigenvalue weighted by Crippen LogP contribution is -1.94. The summed E-state index contributed by atoms with van der Waals surface area (Å²) in [7, 11) is 0. The van der Waals surface area contributed by atoms with Crippen molar-refractivity contribution < 1.29 is 4.74 Å². The van der Waals surface area contributed by atoms with E-state index in [9.17, 15) is 0 Å². The van der Waals surface area contributed by atoms with Crippen LogP contribution < -0.4 is 10.5 Å². The Morgan fingerprint density at radius 2 is 2.05 bits per heavy atom. The van der Waals surface area contributed by atoms with E-state index in [4.69, 9.17) is 22.1 Å². The van der Waals surface area contributed by atoms with E-state index in [1.165, 1.54) is 0 Å². The van der Waals surface area contributed by atoms with Crippen molar-refractivity contribution in [3.05, 3.63) is 46.4 Å². The summed E-state index contributed by atoms with van der Waals surface area (Å²) in [6.07, 6.45) is 0. The van der Waals surface area contributed by atoms with Gasteiger partial charge in [0.2, 0.25) is 0 Å². The van der Waals surface area contributed by atoms with Crippen LogP contribution >= 0.6 is 22.9 Å². The van der Waals surface area contributed by atoms with E-state index < -0.39 is 0 Å². The molecule has 19 heavy (non-hydrogen) atoms. The van der Waals surface area contributed by atoms with Gasteiger partial charge < -0.3 is 10.5 Å². The molecule has 1 heterocycles. The third kappa shape index (κ3) is 2.25. The van der Waals surface area contributed by atoms with E-state index in [1.54, 1.807) is 22.9 Å². The van der Waals surface area contributed by atoms with Gasteiger partial charge in [0.05, 0.1) is 10.2 Å². The molecule has 5 heteroatoms. The van der Waals surface area contributed by atoms with Crippen LogP contribution in [0, 0.1) is 6.92 Å².